The number of halogens is 1. The quantitative estimate of drug-likeness (QED) is 0.500. The van der Waals surface area contributed by atoms with Crippen LogP contribution in [0.4, 0.5) is 11.5 Å². The first kappa shape index (κ1) is 15.2. The Balaban J connectivity index is 1.97. The Kier molecular flexibility index (Phi) is 5.05. The van der Waals surface area contributed by atoms with Crippen LogP contribution in [0.15, 0.2) is 36.5 Å². The van der Waals surface area contributed by atoms with Crippen molar-refractivity contribution < 1.29 is 4.92 Å². The highest BCUT2D eigenvalue weighted by Gasteiger charge is 2.16. The van der Waals surface area contributed by atoms with Crippen molar-refractivity contribution in [2.75, 3.05) is 11.9 Å². The van der Waals surface area contributed by atoms with Gasteiger partial charge in [-0.2, -0.15) is 4.98 Å². The van der Waals surface area contributed by atoms with Crippen molar-refractivity contribution in [1.29, 1.82) is 0 Å². The fourth-order valence-corrected chi connectivity index (χ4v) is 2.11. The molecule has 6 nitrogen and oxygen atoms in total. The van der Waals surface area contributed by atoms with Crippen LogP contribution in [0, 0.1) is 10.1 Å². The van der Waals surface area contributed by atoms with Crippen LogP contribution < -0.4 is 5.32 Å². The number of rotatable bonds is 6. The largest absolute Gasteiger partial charge is 0.364 e. The van der Waals surface area contributed by atoms with E-state index in [9.17, 15) is 10.1 Å². The topological polar surface area (TPSA) is 81.0 Å². The summed E-state index contributed by atoms with van der Waals surface area (Å²) in [4.78, 5) is 17.9. The molecule has 2 rings (SSSR count). The molecule has 0 spiro atoms. The molecular weight excluding hydrogens is 292 g/mol. The summed E-state index contributed by atoms with van der Waals surface area (Å²) in [6, 6.07) is 10.1. The number of aromatic nitrogens is 2. The fraction of sp³-hybridized carbons (Fsp3) is 0.286. The minimum Gasteiger partial charge on any atom is -0.364 e. The van der Waals surface area contributed by atoms with Gasteiger partial charge in [0.1, 0.15) is 6.20 Å². The number of nitrogens with zero attached hydrogens (tertiary/aromatic N) is 3. The summed E-state index contributed by atoms with van der Waals surface area (Å²) >= 11 is 5.67. The number of hydrogen-bond donors (Lipinski definition) is 1. The third-order valence-electron chi connectivity index (χ3n) is 3.18. The Hall–Kier alpha value is -2.21. The molecule has 1 aromatic carbocycles. The fourth-order valence-electron chi connectivity index (χ4n) is 1.97. The van der Waals surface area contributed by atoms with Crippen molar-refractivity contribution >= 4 is 23.1 Å². The molecule has 1 atom stereocenters. The molecule has 1 unspecified atom stereocenters. The molecule has 0 radical (unpaired) electrons. The standard InChI is InChI=1S/C14H15ClN4O2/c1-10(11-5-3-2-4-6-11)7-8-16-13-12(19(20)21)9-17-14(15)18-13/h2-6,9-10H,7-8H2,1H3,(H,16,17,18). The summed E-state index contributed by atoms with van der Waals surface area (Å²) < 4.78 is 0. The van der Waals surface area contributed by atoms with Gasteiger partial charge in [0.25, 0.3) is 0 Å². The van der Waals surface area contributed by atoms with Gasteiger partial charge in [0, 0.05) is 6.54 Å². The average Bonchev–Trinajstić information content (AvgIpc) is 2.48. The Morgan fingerprint density at radius 3 is 2.76 bits per heavy atom. The van der Waals surface area contributed by atoms with E-state index in [-0.39, 0.29) is 16.8 Å². The predicted octanol–water partition coefficient (Wildman–Crippen LogP) is 3.64. The predicted molar refractivity (Wildman–Crippen MR) is 81.7 cm³/mol. The first-order valence-corrected chi connectivity index (χ1v) is 6.91. The zero-order chi connectivity index (χ0) is 15.2. The lowest BCUT2D eigenvalue weighted by atomic mass is 9.98. The molecule has 2 aromatic rings. The van der Waals surface area contributed by atoms with Crippen LogP contribution >= 0.6 is 11.6 Å². The summed E-state index contributed by atoms with van der Waals surface area (Å²) in [5.41, 5.74) is 1.06. The third-order valence-corrected chi connectivity index (χ3v) is 3.36. The Bertz CT molecular complexity index is 622. The maximum absolute atomic E-state index is 10.9. The van der Waals surface area contributed by atoms with Gasteiger partial charge < -0.3 is 5.32 Å². The van der Waals surface area contributed by atoms with Crippen molar-refractivity contribution in [1.82, 2.24) is 9.97 Å². The number of hydrogen-bond acceptors (Lipinski definition) is 5. The third kappa shape index (κ3) is 4.13. The first-order valence-electron chi connectivity index (χ1n) is 6.53. The maximum Gasteiger partial charge on any atom is 0.329 e. The van der Waals surface area contributed by atoms with E-state index >= 15 is 0 Å². The Morgan fingerprint density at radius 2 is 2.10 bits per heavy atom. The molecule has 1 heterocycles. The summed E-state index contributed by atoms with van der Waals surface area (Å²) in [5, 5.41) is 13.8. The molecule has 7 heteroatoms. The summed E-state index contributed by atoms with van der Waals surface area (Å²) in [6.07, 6.45) is 1.93. The van der Waals surface area contributed by atoms with Gasteiger partial charge in [-0.1, -0.05) is 37.3 Å². The van der Waals surface area contributed by atoms with E-state index in [4.69, 9.17) is 11.6 Å². The van der Waals surface area contributed by atoms with Crippen LogP contribution in [-0.2, 0) is 0 Å². The molecule has 0 saturated carbocycles. The van der Waals surface area contributed by atoms with Crippen LogP contribution in [0.5, 0.6) is 0 Å². The maximum atomic E-state index is 10.9. The molecule has 1 N–H and O–H groups in total. The van der Waals surface area contributed by atoms with Crippen molar-refractivity contribution in [3.63, 3.8) is 0 Å². The molecule has 0 aliphatic heterocycles. The zero-order valence-electron chi connectivity index (χ0n) is 11.5. The molecular formula is C14H15ClN4O2. The van der Waals surface area contributed by atoms with Crippen molar-refractivity contribution in [3.05, 3.63) is 57.5 Å². The molecule has 0 aliphatic rings. The van der Waals surface area contributed by atoms with E-state index in [0.717, 1.165) is 12.6 Å². The minimum absolute atomic E-state index is 0.0146. The van der Waals surface area contributed by atoms with E-state index in [0.29, 0.717) is 12.5 Å². The van der Waals surface area contributed by atoms with Gasteiger partial charge >= 0.3 is 5.69 Å². The second kappa shape index (κ2) is 6.99. The van der Waals surface area contributed by atoms with Crippen LogP contribution in [0.2, 0.25) is 5.28 Å². The first-order chi connectivity index (χ1) is 10.1. The van der Waals surface area contributed by atoms with Crippen molar-refractivity contribution in [2.24, 2.45) is 0 Å². The normalized spacial score (nSPS) is 11.9. The highest BCUT2D eigenvalue weighted by molar-refractivity contribution is 6.28. The Labute approximate surface area is 127 Å². The van der Waals surface area contributed by atoms with Crippen LogP contribution in [0.3, 0.4) is 0 Å². The molecule has 0 fully saturated rings. The van der Waals surface area contributed by atoms with Gasteiger partial charge in [-0.05, 0) is 29.5 Å². The van der Waals surface area contributed by atoms with E-state index in [2.05, 4.69) is 34.3 Å². The van der Waals surface area contributed by atoms with E-state index in [1.165, 1.54) is 5.56 Å². The number of benzene rings is 1. The van der Waals surface area contributed by atoms with Crippen LogP contribution in [0.1, 0.15) is 24.8 Å². The summed E-state index contributed by atoms with van der Waals surface area (Å²) in [6.45, 7) is 2.67. The van der Waals surface area contributed by atoms with E-state index in [1.807, 2.05) is 18.2 Å². The summed E-state index contributed by atoms with van der Waals surface area (Å²) in [5.74, 6) is 0.496. The minimum atomic E-state index is -0.528. The lowest BCUT2D eigenvalue weighted by Gasteiger charge is -2.12. The molecule has 0 saturated heterocycles. The van der Waals surface area contributed by atoms with Gasteiger partial charge in [0.15, 0.2) is 0 Å². The van der Waals surface area contributed by atoms with Gasteiger partial charge in [-0.15, -0.1) is 0 Å². The average molecular weight is 307 g/mol. The molecule has 1 aromatic heterocycles. The van der Waals surface area contributed by atoms with Gasteiger partial charge in [0.2, 0.25) is 11.1 Å². The van der Waals surface area contributed by atoms with E-state index in [1.54, 1.807) is 0 Å². The smallest absolute Gasteiger partial charge is 0.329 e. The van der Waals surface area contributed by atoms with Crippen LogP contribution in [-0.4, -0.2) is 21.4 Å². The highest BCUT2D eigenvalue weighted by atomic mass is 35.5. The van der Waals surface area contributed by atoms with E-state index < -0.39 is 4.92 Å². The number of anilines is 1. The zero-order valence-corrected chi connectivity index (χ0v) is 12.2. The SMILES string of the molecule is CC(CCNc1nc(Cl)ncc1[N+](=O)[O-])c1ccccc1. The van der Waals surface area contributed by atoms with Crippen molar-refractivity contribution in [2.45, 2.75) is 19.3 Å². The van der Waals surface area contributed by atoms with Crippen molar-refractivity contribution in [3.8, 4) is 0 Å². The van der Waals surface area contributed by atoms with Gasteiger partial charge in [-0.3, -0.25) is 10.1 Å². The molecule has 110 valence electrons. The highest BCUT2D eigenvalue weighted by Crippen LogP contribution is 2.23. The molecule has 0 bridgehead atoms. The van der Waals surface area contributed by atoms with Crippen LogP contribution in [0.25, 0.3) is 0 Å². The Morgan fingerprint density at radius 1 is 1.38 bits per heavy atom. The monoisotopic (exact) mass is 306 g/mol. The van der Waals surface area contributed by atoms with Gasteiger partial charge in [0.05, 0.1) is 4.92 Å². The lowest BCUT2D eigenvalue weighted by molar-refractivity contribution is -0.384. The lowest BCUT2D eigenvalue weighted by Crippen LogP contribution is -2.09. The van der Waals surface area contributed by atoms with Gasteiger partial charge in [-0.25, -0.2) is 4.98 Å². The summed E-state index contributed by atoms with van der Waals surface area (Å²) in [7, 11) is 0. The number of nitrogens with one attached hydrogen (secondary N) is 1. The second-order valence-electron chi connectivity index (χ2n) is 4.66. The molecule has 0 amide bonds. The second-order valence-corrected chi connectivity index (χ2v) is 5.00. The molecule has 21 heavy (non-hydrogen) atoms. The number of nitro groups is 1. The molecule has 0 aliphatic carbocycles.